The summed E-state index contributed by atoms with van der Waals surface area (Å²) in [5.74, 6) is 0.634. The summed E-state index contributed by atoms with van der Waals surface area (Å²) in [5, 5.41) is 9.55. The molecule has 0 saturated heterocycles. The highest BCUT2D eigenvalue weighted by Gasteiger charge is 2.30. The largest absolute Gasteiger partial charge is 0.457 e. The summed E-state index contributed by atoms with van der Waals surface area (Å²) in [6.07, 6.45) is 2.55. The van der Waals surface area contributed by atoms with Gasteiger partial charge in [0, 0.05) is 37.0 Å². The summed E-state index contributed by atoms with van der Waals surface area (Å²) in [6.45, 7) is 0.707. The first-order valence-electron chi connectivity index (χ1n) is 10.00. The van der Waals surface area contributed by atoms with Crippen molar-refractivity contribution in [3.8, 4) is 11.5 Å². The van der Waals surface area contributed by atoms with E-state index >= 15 is 0 Å². The summed E-state index contributed by atoms with van der Waals surface area (Å²) in [7, 11) is 0. The highest BCUT2D eigenvalue weighted by molar-refractivity contribution is 7.09. The van der Waals surface area contributed by atoms with Gasteiger partial charge in [0.25, 0.3) is 0 Å². The molecule has 9 heteroatoms. The van der Waals surface area contributed by atoms with E-state index in [9.17, 15) is 13.2 Å². The molecule has 0 aliphatic carbocycles. The van der Waals surface area contributed by atoms with Gasteiger partial charge in [-0.05, 0) is 47.9 Å². The number of thiazole rings is 1. The summed E-state index contributed by atoms with van der Waals surface area (Å²) in [4.78, 5) is 8.74. The van der Waals surface area contributed by atoms with Crippen LogP contribution in [0.1, 0.15) is 16.1 Å². The SMILES string of the molecule is FC(F)(F)c1cccc(Oc2ccc(CCNC3N=CC(Cc4nccs4)=CN3)cc2)c1. The van der Waals surface area contributed by atoms with Crippen LogP contribution in [0.5, 0.6) is 11.5 Å². The van der Waals surface area contributed by atoms with Crippen molar-refractivity contribution >= 4 is 17.6 Å². The third-order valence-corrected chi connectivity index (χ3v) is 5.51. The van der Waals surface area contributed by atoms with Crippen LogP contribution in [0, 0.1) is 0 Å². The first kappa shape index (κ1) is 22.0. The molecule has 0 bridgehead atoms. The number of alkyl halides is 3. The molecular formula is C23H21F3N4OS. The summed E-state index contributed by atoms with van der Waals surface area (Å²) in [5.41, 5.74) is 1.42. The van der Waals surface area contributed by atoms with Gasteiger partial charge in [0.05, 0.1) is 10.6 Å². The van der Waals surface area contributed by atoms with E-state index in [0.29, 0.717) is 12.3 Å². The molecule has 5 nitrogen and oxygen atoms in total. The van der Waals surface area contributed by atoms with Crippen LogP contribution in [0.15, 0.2) is 76.9 Å². The maximum atomic E-state index is 12.8. The van der Waals surface area contributed by atoms with Gasteiger partial charge in [-0.2, -0.15) is 13.2 Å². The zero-order valence-corrected chi connectivity index (χ0v) is 17.8. The van der Waals surface area contributed by atoms with Gasteiger partial charge in [-0.15, -0.1) is 11.3 Å². The van der Waals surface area contributed by atoms with Gasteiger partial charge in [0.15, 0.2) is 6.29 Å². The van der Waals surface area contributed by atoms with E-state index in [4.69, 9.17) is 4.74 Å². The molecule has 3 aromatic rings. The molecule has 2 aromatic carbocycles. The van der Waals surface area contributed by atoms with Crippen LogP contribution >= 0.6 is 11.3 Å². The van der Waals surface area contributed by atoms with E-state index in [-0.39, 0.29) is 12.0 Å². The maximum absolute atomic E-state index is 12.8. The minimum absolute atomic E-state index is 0.151. The Morgan fingerprint density at radius 2 is 1.94 bits per heavy atom. The number of hydrogen-bond donors (Lipinski definition) is 2. The molecule has 2 heterocycles. The van der Waals surface area contributed by atoms with Crippen molar-refractivity contribution in [2.75, 3.05) is 6.54 Å². The van der Waals surface area contributed by atoms with Gasteiger partial charge in [-0.3, -0.25) is 10.3 Å². The Kier molecular flexibility index (Phi) is 6.87. The van der Waals surface area contributed by atoms with E-state index in [1.165, 1.54) is 12.1 Å². The molecule has 32 heavy (non-hydrogen) atoms. The number of aliphatic imine (C=N–C) groups is 1. The number of allylic oxidation sites excluding steroid dienone is 1. The lowest BCUT2D eigenvalue weighted by molar-refractivity contribution is -0.137. The minimum atomic E-state index is -4.40. The number of nitrogens with one attached hydrogen (secondary N) is 2. The quantitative estimate of drug-likeness (QED) is 0.489. The molecule has 166 valence electrons. The molecule has 1 aliphatic heterocycles. The van der Waals surface area contributed by atoms with Crippen LogP contribution in [0.25, 0.3) is 0 Å². The standard InChI is InChI=1S/C23H21F3N4OS/c24-23(25,26)18-2-1-3-20(13-18)31-19-6-4-16(5-7-19)8-9-28-22-29-14-17(15-30-22)12-21-27-10-11-32-21/h1-7,10-11,13-15,22,28-29H,8-9,12H2. The highest BCUT2D eigenvalue weighted by atomic mass is 32.1. The van der Waals surface area contributed by atoms with E-state index in [2.05, 4.69) is 20.6 Å². The molecule has 0 saturated carbocycles. The average Bonchev–Trinajstić information content (AvgIpc) is 3.29. The predicted molar refractivity (Wildman–Crippen MR) is 119 cm³/mol. The molecule has 0 radical (unpaired) electrons. The number of halogens is 3. The second-order valence-corrected chi connectivity index (χ2v) is 8.12. The Morgan fingerprint density at radius 3 is 2.62 bits per heavy atom. The Labute approximate surface area is 187 Å². The van der Waals surface area contributed by atoms with Gasteiger partial charge in [-0.1, -0.05) is 18.2 Å². The lowest BCUT2D eigenvalue weighted by Crippen LogP contribution is -2.41. The fraction of sp³-hybridized carbons (Fsp3) is 0.217. The Bertz CT molecular complexity index is 1080. The average molecular weight is 459 g/mol. The van der Waals surface area contributed by atoms with Crippen molar-refractivity contribution in [1.82, 2.24) is 15.6 Å². The summed E-state index contributed by atoms with van der Waals surface area (Å²) >= 11 is 1.62. The van der Waals surface area contributed by atoms with Crippen LogP contribution < -0.4 is 15.4 Å². The molecule has 1 aromatic heterocycles. The van der Waals surface area contributed by atoms with Crippen molar-refractivity contribution in [2.45, 2.75) is 25.3 Å². The number of benzene rings is 2. The van der Waals surface area contributed by atoms with E-state index in [1.54, 1.807) is 29.7 Å². The second kappa shape index (κ2) is 9.97. The van der Waals surface area contributed by atoms with Crippen molar-refractivity contribution in [1.29, 1.82) is 0 Å². The molecule has 1 unspecified atom stereocenters. The van der Waals surface area contributed by atoms with Crippen LogP contribution in [-0.4, -0.2) is 24.0 Å². The van der Waals surface area contributed by atoms with Crippen LogP contribution in [0.2, 0.25) is 0 Å². The first-order valence-corrected chi connectivity index (χ1v) is 10.9. The molecule has 0 spiro atoms. The van der Waals surface area contributed by atoms with Gasteiger partial charge in [0.1, 0.15) is 11.5 Å². The number of ether oxygens (including phenoxy) is 1. The molecule has 0 amide bonds. The zero-order valence-electron chi connectivity index (χ0n) is 17.0. The lowest BCUT2D eigenvalue weighted by atomic mass is 10.1. The van der Waals surface area contributed by atoms with Gasteiger partial charge < -0.3 is 10.1 Å². The molecular weight excluding hydrogens is 437 g/mol. The highest BCUT2D eigenvalue weighted by Crippen LogP contribution is 2.32. The van der Waals surface area contributed by atoms with Gasteiger partial charge >= 0.3 is 6.18 Å². The van der Waals surface area contributed by atoms with Crippen LogP contribution in [-0.2, 0) is 19.0 Å². The topological polar surface area (TPSA) is 58.5 Å². The summed E-state index contributed by atoms with van der Waals surface area (Å²) < 4.78 is 44.0. The number of nitrogens with zero attached hydrogens (tertiary/aromatic N) is 2. The normalized spacial score (nSPS) is 15.8. The predicted octanol–water partition coefficient (Wildman–Crippen LogP) is 5.17. The smallest absolute Gasteiger partial charge is 0.416 e. The number of hydrogen-bond acceptors (Lipinski definition) is 6. The minimum Gasteiger partial charge on any atom is -0.457 e. The third kappa shape index (κ3) is 6.18. The lowest BCUT2D eigenvalue weighted by Gasteiger charge is -2.19. The Morgan fingerprint density at radius 1 is 1.09 bits per heavy atom. The van der Waals surface area contributed by atoms with E-state index < -0.39 is 11.7 Å². The van der Waals surface area contributed by atoms with Crippen molar-refractivity contribution in [3.63, 3.8) is 0 Å². The summed E-state index contributed by atoms with van der Waals surface area (Å²) in [6, 6.07) is 12.1. The van der Waals surface area contributed by atoms with E-state index in [1.807, 2.05) is 29.9 Å². The van der Waals surface area contributed by atoms with Gasteiger partial charge in [0.2, 0.25) is 0 Å². The number of rotatable bonds is 8. The fourth-order valence-corrected chi connectivity index (χ4v) is 3.76. The van der Waals surface area contributed by atoms with Crippen LogP contribution in [0.3, 0.4) is 0 Å². The van der Waals surface area contributed by atoms with E-state index in [0.717, 1.165) is 41.1 Å². The molecule has 4 rings (SSSR count). The molecule has 2 N–H and O–H groups in total. The molecule has 1 atom stereocenters. The second-order valence-electron chi connectivity index (χ2n) is 7.14. The first-order chi connectivity index (χ1) is 15.5. The third-order valence-electron chi connectivity index (χ3n) is 4.73. The Hall–Kier alpha value is -3.17. The van der Waals surface area contributed by atoms with Crippen molar-refractivity contribution in [2.24, 2.45) is 4.99 Å². The Balaban J connectivity index is 1.22. The molecule has 0 fully saturated rings. The van der Waals surface area contributed by atoms with Crippen LogP contribution in [0.4, 0.5) is 13.2 Å². The van der Waals surface area contributed by atoms with Crippen molar-refractivity contribution < 1.29 is 17.9 Å². The monoisotopic (exact) mass is 458 g/mol. The zero-order chi connectivity index (χ0) is 22.4. The molecule has 1 aliphatic rings. The fourth-order valence-electron chi connectivity index (χ4n) is 3.11. The maximum Gasteiger partial charge on any atom is 0.416 e. The van der Waals surface area contributed by atoms with Gasteiger partial charge in [-0.25, -0.2) is 4.98 Å². The van der Waals surface area contributed by atoms with Crippen molar-refractivity contribution in [3.05, 3.63) is 88.0 Å². The number of aromatic nitrogens is 1.